The summed E-state index contributed by atoms with van der Waals surface area (Å²) in [5.41, 5.74) is 7.59. The molecule has 1 aromatic carbocycles. The van der Waals surface area contributed by atoms with Gasteiger partial charge in [0.1, 0.15) is 11.4 Å². The summed E-state index contributed by atoms with van der Waals surface area (Å²) in [5, 5.41) is 4.38. The minimum absolute atomic E-state index is 0.203. The second kappa shape index (κ2) is 5.67. The fraction of sp³-hybridized carbons (Fsp3) is 0.357. The Labute approximate surface area is 120 Å². The zero-order valence-corrected chi connectivity index (χ0v) is 11.7. The summed E-state index contributed by atoms with van der Waals surface area (Å²) in [6.07, 6.45) is -2.07. The molecule has 1 aromatic heterocycles. The third kappa shape index (κ3) is 3.68. The number of hydrogen-bond donors (Lipinski definition) is 1. The molecule has 1 atom stereocenters. The van der Waals surface area contributed by atoms with E-state index in [1.807, 2.05) is 13.8 Å². The molecule has 2 rings (SSSR count). The Hall–Kier alpha value is -2.18. The van der Waals surface area contributed by atoms with E-state index in [-0.39, 0.29) is 11.8 Å². The van der Waals surface area contributed by atoms with Crippen molar-refractivity contribution in [3.8, 4) is 17.0 Å². The Morgan fingerprint density at radius 3 is 2.43 bits per heavy atom. The van der Waals surface area contributed by atoms with E-state index in [1.165, 1.54) is 24.3 Å². The fourth-order valence-electron chi connectivity index (χ4n) is 1.86. The molecule has 0 aliphatic rings. The van der Waals surface area contributed by atoms with E-state index < -0.39 is 6.36 Å². The number of anilines is 1. The molecular formula is C14H16F3N3O. The van der Waals surface area contributed by atoms with E-state index in [4.69, 9.17) is 5.73 Å². The lowest BCUT2D eigenvalue weighted by atomic mass is 10.1. The van der Waals surface area contributed by atoms with Gasteiger partial charge in [-0.15, -0.1) is 13.2 Å². The third-order valence-electron chi connectivity index (χ3n) is 3.16. The molecule has 1 unspecified atom stereocenters. The minimum Gasteiger partial charge on any atom is -0.406 e. The van der Waals surface area contributed by atoms with Crippen molar-refractivity contribution in [2.24, 2.45) is 0 Å². The van der Waals surface area contributed by atoms with Gasteiger partial charge < -0.3 is 10.5 Å². The quantitative estimate of drug-likeness (QED) is 0.928. The second-order valence-corrected chi connectivity index (χ2v) is 4.74. The molecule has 0 saturated heterocycles. The number of ether oxygens (including phenoxy) is 1. The molecule has 7 heteroatoms. The van der Waals surface area contributed by atoms with E-state index in [1.54, 1.807) is 10.9 Å². The number of hydrogen-bond acceptors (Lipinski definition) is 3. The van der Waals surface area contributed by atoms with Crippen LogP contribution in [-0.4, -0.2) is 16.1 Å². The van der Waals surface area contributed by atoms with Gasteiger partial charge in [-0.2, -0.15) is 5.10 Å². The molecule has 1 heterocycles. The second-order valence-electron chi connectivity index (χ2n) is 4.74. The van der Waals surface area contributed by atoms with Gasteiger partial charge in [0.2, 0.25) is 0 Å². The van der Waals surface area contributed by atoms with Crippen LogP contribution >= 0.6 is 0 Å². The fourth-order valence-corrected chi connectivity index (χ4v) is 1.86. The number of nitrogens with zero attached hydrogens (tertiary/aromatic N) is 2. The molecule has 2 N–H and O–H groups in total. The largest absolute Gasteiger partial charge is 0.573 e. The van der Waals surface area contributed by atoms with Crippen molar-refractivity contribution in [2.75, 3.05) is 5.73 Å². The molecule has 2 aromatic rings. The monoisotopic (exact) mass is 299 g/mol. The van der Waals surface area contributed by atoms with Crippen LogP contribution in [0.2, 0.25) is 0 Å². The minimum atomic E-state index is -4.70. The summed E-state index contributed by atoms with van der Waals surface area (Å²) in [6.45, 7) is 4.04. The molecular weight excluding hydrogens is 283 g/mol. The predicted molar refractivity (Wildman–Crippen MR) is 73.8 cm³/mol. The average Bonchev–Trinajstić information content (AvgIpc) is 2.79. The maximum absolute atomic E-state index is 12.1. The first-order valence-electron chi connectivity index (χ1n) is 6.51. The van der Waals surface area contributed by atoms with Gasteiger partial charge in [0.25, 0.3) is 0 Å². The van der Waals surface area contributed by atoms with Crippen molar-refractivity contribution in [2.45, 2.75) is 32.7 Å². The highest BCUT2D eigenvalue weighted by atomic mass is 19.4. The molecule has 0 aliphatic carbocycles. The van der Waals surface area contributed by atoms with E-state index in [9.17, 15) is 13.2 Å². The van der Waals surface area contributed by atoms with Crippen LogP contribution < -0.4 is 10.5 Å². The summed E-state index contributed by atoms with van der Waals surface area (Å²) < 4.78 is 41.9. The van der Waals surface area contributed by atoms with Crippen LogP contribution in [0.3, 0.4) is 0 Å². The molecule has 0 spiro atoms. The summed E-state index contributed by atoms with van der Waals surface area (Å²) in [5.74, 6) is -0.272. The number of alkyl halides is 3. The van der Waals surface area contributed by atoms with Crippen molar-refractivity contribution in [3.63, 3.8) is 0 Å². The van der Waals surface area contributed by atoms with Gasteiger partial charge >= 0.3 is 6.36 Å². The average molecular weight is 299 g/mol. The van der Waals surface area contributed by atoms with Crippen LogP contribution in [-0.2, 0) is 0 Å². The number of nitrogen functional groups attached to an aromatic ring is 1. The lowest BCUT2D eigenvalue weighted by Gasteiger charge is -2.09. The molecule has 0 amide bonds. The topological polar surface area (TPSA) is 53.1 Å². The van der Waals surface area contributed by atoms with E-state index in [2.05, 4.69) is 9.84 Å². The maximum atomic E-state index is 12.1. The first-order valence-corrected chi connectivity index (χ1v) is 6.51. The number of benzene rings is 1. The van der Waals surface area contributed by atoms with E-state index in [0.717, 1.165) is 6.42 Å². The Morgan fingerprint density at radius 1 is 1.29 bits per heavy atom. The van der Waals surface area contributed by atoms with Crippen LogP contribution in [0.4, 0.5) is 18.9 Å². The van der Waals surface area contributed by atoms with E-state index >= 15 is 0 Å². The highest BCUT2D eigenvalue weighted by Crippen LogP contribution is 2.29. The van der Waals surface area contributed by atoms with Crippen LogP contribution in [0.15, 0.2) is 30.5 Å². The first kappa shape index (κ1) is 15.2. The zero-order chi connectivity index (χ0) is 15.6. The van der Waals surface area contributed by atoms with Gasteiger partial charge in [-0.05, 0) is 37.6 Å². The number of nitrogens with two attached hydrogens (primary N) is 1. The van der Waals surface area contributed by atoms with Crippen LogP contribution in [0, 0.1) is 0 Å². The zero-order valence-electron chi connectivity index (χ0n) is 11.7. The van der Waals surface area contributed by atoms with Gasteiger partial charge in [-0.25, -0.2) is 0 Å². The van der Waals surface area contributed by atoms with Crippen molar-refractivity contribution in [1.29, 1.82) is 0 Å². The molecule has 0 radical (unpaired) electrons. The first-order chi connectivity index (χ1) is 9.80. The summed E-state index contributed by atoms with van der Waals surface area (Å²) >= 11 is 0. The third-order valence-corrected chi connectivity index (χ3v) is 3.16. The smallest absolute Gasteiger partial charge is 0.406 e. The summed E-state index contributed by atoms with van der Waals surface area (Å²) in [7, 11) is 0. The molecule has 4 nitrogen and oxygen atoms in total. The molecule has 0 bridgehead atoms. The molecule has 0 aliphatic heterocycles. The predicted octanol–water partition coefficient (Wildman–Crippen LogP) is 4.00. The van der Waals surface area contributed by atoms with Crippen molar-refractivity contribution in [3.05, 3.63) is 30.5 Å². The molecule has 114 valence electrons. The Bertz CT molecular complexity index is 605. The molecule has 21 heavy (non-hydrogen) atoms. The van der Waals surface area contributed by atoms with Crippen molar-refractivity contribution >= 4 is 5.69 Å². The van der Waals surface area contributed by atoms with Gasteiger partial charge in [0, 0.05) is 17.8 Å². The van der Waals surface area contributed by atoms with Crippen LogP contribution in [0.5, 0.6) is 5.75 Å². The standard InChI is InChI=1S/C14H16F3N3O/c1-3-9(2)20-8-12(18)13(19-20)10-4-6-11(7-5-10)21-14(15,16)17/h4-9H,3,18H2,1-2H3. The van der Waals surface area contributed by atoms with Crippen molar-refractivity contribution < 1.29 is 17.9 Å². The van der Waals surface area contributed by atoms with Gasteiger partial charge in [-0.3, -0.25) is 4.68 Å². The number of aromatic nitrogens is 2. The Balaban J connectivity index is 2.25. The van der Waals surface area contributed by atoms with Gasteiger partial charge in [-0.1, -0.05) is 6.92 Å². The number of halogens is 3. The SMILES string of the molecule is CCC(C)n1cc(N)c(-c2ccc(OC(F)(F)F)cc2)n1. The normalized spacial score (nSPS) is 13.2. The van der Waals surface area contributed by atoms with Crippen LogP contribution in [0.25, 0.3) is 11.3 Å². The molecule has 0 saturated carbocycles. The Kier molecular flexibility index (Phi) is 4.11. The number of rotatable bonds is 4. The lowest BCUT2D eigenvalue weighted by molar-refractivity contribution is -0.274. The van der Waals surface area contributed by atoms with E-state index in [0.29, 0.717) is 16.9 Å². The van der Waals surface area contributed by atoms with Gasteiger partial charge in [0.05, 0.1) is 5.69 Å². The molecule has 0 fully saturated rings. The highest BCUT2D eigenvalue weighted by molar-refractivity contribution is 5.72. The summed E-state index contributed by atoms with van der Waals surface area (Å²) in [4.78, 5) is 0. The highest BCUT2D eigenvalue weighted by Gasteiger charge is 2.31. The summed E-state index contributed by atoms with van der Waals surface area (Å²) in [6, 6.07) is 5.69. The van der Waals surface area contributed by atoms with Crippen LogP contribution in [0.1, 0.15) is 26.3 Å². The van der Waals surface area contributed by atoms with Gasteiger partial charge in [0.15, 0.2) is 0 Å². The lowest BCUT2D eigenvalue weighted by Crippen LogP contribution is -2.16. The van der Waals surface area contributed by atoms with Crippen molar-refractivity contribution in [1.82, 2.24) is 9.78 Å². The Morgan fingerprint density at radius 2 is 1.90 bits per heavy atom. The maximum Gasteiger partial charge on any atom is 0.573 e.